The lowest BCUT2D eigenvalue weighted by molar-refractivity contribution is 0.335. The maximum atomic E-state index is 12.6. The zero-order valence-corrected chi connectivity index (χ0v) is 14.1. The quantitative estimate of drug-likeness (QED) is 0.831. The van der Waals surface area contributed by atoms with Crippen LogP contribution in [-0.4, -0.2) is 38.6 Å². The second kappa shape index (κ2) is 6.23. The molecule has 7 nitrogen and oxygen atoms in total. The molecule has 1 aromatic heterocycles. The lowest BCUT2D eigenvalue weighted by Crippen LogP contribution is -2.45. The molecule has 1 aromatic carbocycles. The van der Waals surface area contributed by atoms with Gasteiger partial charge in [-0.15, -0.1) is 0 Å². The Labute approximate surface area is 145 Å². The highest BCUT2D eigenvalue weighted by Gasteiger charge is 2.28. The fraction of sp³-hybridized carbons (Fsp3) is 0.389. The summed E-state index contributed by atoms with van der Waals surface area (Å²) in [5.74, 6) is 1.39. The summed E-state index contributed by atoms with van der Waals surface area (Å²) >= 11 is 0. The molecule has 0 aliphatic carbocycles. The number of guanidine groups is 1. The van der Waals surface area contributed by atoms with Crippen LogP contribution in [0.1, 0.15) is 36.7 Å². The Hall–Kier alpha value is -2.83. The van der Waals surface area contributed by atoms with Crippen molar-refractivity contribution >= 4 is 11.9 Å². The molecule has 0 bridgehead atoms. The molecule has 2 aliphatic rings. The van der Waals surface area contributed by atoms with E-state index < -0.39 is 6.17 Å². The van der Waals surface area contributed by atoms with Crippen LogP contribution in [0.5, 0.6) is 5.75 Å². The van der Waals surface area contributed by atoms with Gasteiger partial charge in [-0.2, -0.15) is 0 Å². The summed E-state index contributed by atoms with van der Waals surface area (Å²) in [4.78, 5) is 24.1. The number of aliphatic imine (C=N–C) groups is 1. The molecule has 0 saturated carbocycles. The van der Waals surface area contributed by atoms with E-state index in [1.165, 1.54) is 17.1 Å². The molecular formula is C18H21N5O2. The SMILES string of the molecule is Cc1cc(=O)n2c(n1)NC(N1CCCCC1)=N[C@@H]2c1cccc(O)c1. The minimum atomic E-state index is -0.541. The van der Waals surface area contributed by atoms with E-state index in [0.717, 1.165) is 37.5 Å². The van der Waals surface area contributed by atoms with Gasteiger partial charge in [0.1, 0.15) is 5.75 Å². The number of hydrogen-bond donors (Lipinski definition) is 2. The summed E-state index contributed by atoms with van der Waals surface area (Å²) in [5, 5.41) is 13.1. The largest absolute Gasteiger partial charge is 0.508 e. The van der Waals surface area contributed by atoms with Crippen molar-refractivity contribution in [3.63, 3.8) is 0 Å². The average Bonchev–Trinajstić information content (AvgIpc) is 2.61. The van der Waals surface area contributed by atoms with Crippen molar-refractivity contribution in [2.24, 2.45) is 4.99 Å². The van der Waals surface area contributed by atoms with E-state index >= 15 is 0 Å². The number of nitrogens with one attached hydrogen (secondary N) is 1. The number of aromatic nitrogens is 2. The van der Waals surface area contributed by atoms with E-state index in [4.69, 9.17) is 4.99 Å². The van der Waals surface area contributed by atoms with E-state index in [1.807, 2.05) is 6.07 Å². The fourth-order valence-electron chi connectivity index (χ4n) is 3.41. The number of hydrogen-bond acceptors (Lipinski definition) is 6. The third-order valence-electron chi connectivity index (χ3n) is 4.62. The second-order valence-corrected chi connectivity index (χ2v) is 6.52. The number of benzene rings is 1. The molecule has 2 N–H and O–H groups in total. The molecular weight excluding hydrogens is 318 g/mol. The van der Waals surface area contributed by atoms with Gasteiger partial charge < -0.3 is 10.0 Å². The van der Waals surface area contributed by atoms with E-state index in [0.29, 0.717) is 11.6 Å². The summed E-state index contributed by atoms with van der Waals surface area (Å²) in [6, 6.07) is 8.38. The van der Waals surface area contributed by atoms with Crippen LogP contribution in [0.3, 0.4) is 0 Å². The van der Waals surface area contributed by atoms with E-state index in [9.17, 15) is 9.90 Å². The van der Waals surface area contributed by atoms with Gasteiger partial charge >= 0.3 is 0 Å². The van der Waals surface area contributed by atoms with Gasteiger partial charge in [0.05, 0.1) is 0 Å². The summed E-state index contributed by atoms with van der Waals surface area (Å²) in [6.07, 6.45) is 2.95. The third kappa shape index (κ3) is 2.97. The highest BCUT2D eigenvalue weighted by molar-refractivity contribution is 5.93. The summed E-state index contributed by atoms with van der Waals surface area (Å²) in [7, 11) is 0. The topological polar surface area (TPSA) is 82.8 Å². The van der Waals surface area contributed by atoms with Gasteiger partial charge in [-0.3, -0.25) is 14.7 Å². The number of piperidine rings is 1. The number of phenolic OH excluding ortho intramolecular Hbond substituents is 1. The monoisotopic (exact) mass is 339 g/mol. The van der Waals surface area contributed by atoms with Gasteiger partial charge in [0, 0.05) is 30.4 Å². The molecule has 7 heteroatoms. The van der Waals surface area contributed by atoms with Crippen molar-refractivity contribution in [1.29, 1.82) is 0 Å². The van der Waals surface area contributed by atoms with Crippen LogP contribution in [0, 0.1) is 6.92 Å². The van der Waals surface area contributed by atoms with Crippen LogP contribution >= 0.6 is 0 Å². The van der Waals surface area contributed by atoms with Crippen LogP contribution in [0.4, 0.5) is 5.95 Å². The Morgan fingerprint density at radius 2 is 2.00 bits per heavy atom. The minimum Gasteiger partial charge on any atom is -0.508 e. The van der Waals surface area contributed by atoms with Gasteiger partial charge in [0.15, 0.2) is 6.17 Å². The van der Waals surface area contributed by atoms with Crippen LogP contribution in [0.15, 0.2) is 40.1 Å². The van der Waals surface area contributed by atoms with E-state index in [1.54, 1.807) is 25.1 Å². The second-order valence-electron chi connectivity index (χ2n) is 6.52. The molecule has 0 unspecified atom stereocenters. The Balaban J connectivity index is 1.83. The van der Waals surface area contributed by atoms with Gasteiger partial charge in [0.25, 0.3) is 5.56 Å². The number of rotatable bonds is 1. The van der Waals surface area contributed by atoms with Crippen molar-refractivity contribution in [3.05, 3.63) is 51.9 Å². The zero-order valence-electron chi connectivity index (χ0n) is 14.1. The highest BCUT2D eigenvalue weighted by atomic mass is 16.3. The minimum absolute atomic E-state index is 0.153. The first kappa shape index (κ1) is 15.7. The van der Waals surface area contributed by atoms with Crippen LogP contribution in [0.2, 0.25) is 0 Å². The summed E-state index contributed by atoms with van der Waals surface area (Å²) < 4.78 is 1.54. The molecule has 4 rings (SSSR count). The fourth-order valence-corrected chi connectivity index (χ4v) is 3.41. The zero-order chi connectivity index (χ0) is 17.4. The third-order valence-corrected chi connectivity index (χ3v) is 4.62. The number of aromatic hydroxyl groups is 1. The Morgan fingerprint density at radius 3 is 2.76 bits per heavy atom. The number of likely N-dealkylation sites (tertiary alicyclic amines) is 1. The molecule has 0 radical (unpaired) electrons. The van der Waals surface area contributed by atoms with Gasteiger partial charge in [-0.05, 0) is 38.3 Å². The Kier molecular flexibility index (Phi) is 3.91. The summed E-state index contributed by atoms with van der Waals surface area (Å²) in [6.45, 7) is 3.68. The lowest BCUT2D eigenvalue weighted by Gasteiger charge is -2.34. The predicted octanol–water partition coefficient (Wildman–Crippen LogP) is 2.07. The average molecular weight is 339 g/mol. The van der Waals surface area contributed by atoms with Crippen LogP contribution in [0.25, 0.3) is 0 Å². The van der Waals surface area contributed by atoms with Crippen molar-refractivity contribution in [1.82, 2.24) is 14.5 Å². The lowest BCUT2D eigenvalue weighted by atomic mass is 10.1. The first-order valence-electron chi connectivity index (χ1n) is 8.61. The number of fused-ring (bicyclic) bond motifs is 1. The standard InChI is InChI=1S/C18H21N5O2/c1-12-10-15(25)23-16(13-6-5-7-14(24)11-13)20-17(21-18(23)19-12)22-8-3-2-4-9-22/h5-7,10-11,16,24H,2-4,8-9H2,1H3,(H,19,20,21)/t16-/m0/s1. The van der Waals surface area contributed by atoms with Crippen LogP contribution < -0.4 is 10.9 Å². The molecule has 1 atom stereocenters. The number of nitrogens with zero attached hydrogens (tertiary/aromatic N) is 4. The molecule has 1 fully saturated rings. The van der Waals surface area contributed by atoms with Crippen molar-refractivity contribution < 1.29 is 5.11 Å². The van der Waals surface area contributed by atoms with Crippen molar-refractivity contribution in [3.8, 4) is 5.75 Å². The van der Waals surface area contributed by atoms with E-state index in [2.05, 4.69) is 15.2 Å². The number of anilines is 1. The van der Waals surface area contributed by atoms with Gasteiger partial charge in [0.2, 0.25) is 11.9 Å². The maximum absolute atomic E-state index is 12.6. The Bertz CT molecular complexity index is 883. The van der Waals surface area contributed by atoms with Crippen molar-refractivity contribution in [2.75, 3.05) is 18.4 Å². The molecule has 1 saturated heterocycles. The predicted molar refractivity (Wildman–Crippen MR) is 96.0 cm³/mol. The Morgan fingerprint density at radius 1 is 1.20 bits per heavy atom. The van der Waals surface area contributed by atoms with Crippen molar-refractivity contribution in [2.45, 2.75) is 32.4 Å². The smallest absolute Gasteiger partial charge is 0.257 e. The molecule has 2 aromatic rings. The molecule has 130 valence electrons. The van der Waals surface area contributed by atoms with E-state index in [-0.39, 0.29) is 11.3 Å². The van der Waals surface area contributed by atoms with Gasteiger partial charge in [-0.1, -0.05) is 12.1 Å². The van der Waals surface area contributed by atoms with Gasteiger partial charge in [-0.25, -0.2) is 9.98 Å². The molecule has 2 aliphatic heterocycles. The molecule has 3 heterocycles. The number of aryl methyl sites for hydroxylation is 1. The number of phenols is 1. The first-order valence-corrected chi connectivity index (χ1v) is 8.61. The van der Waals surface area contributed by atoms with Crippen LogP contribution in [-0.2, 0) is 0 Å². The molecule has 0 spiro atoms. The normalized spacial score (nSPS) is 19.8. The highest BCUT2D eigenvalue weighted by Crippen LogP contribution is 2.28. The molecule has 25 heavy (non-hydrogen) atoms. The molecule has 0 amide bonds. The summed E-state index contributed by atoms with van der Waals surface area (Å²) in [5.41, 5.74) is 1.26. The maximum Gasteiger partial charge on any atom is 0.257 e. The first-order chi connectivity index (χ1) is 12.1.